The highest BCUT2D eigenvalue weighted by atomic mass is 14.9. The molecule has 1 N–H and O–H groups in total. The summed E-state index contributed by atoms with van der Waals surface area (Å²) in [5, 5.41) is 3.35. The Morgan fingerprint density at radius 1 is 1.50 bits per heavy atom. The molecule has 2 unspecified atom stereocenters. The second-order valence-corrected chi connectivity index (χ2v) is 3.10. The van der Waals surface area contributed by atoms with E-state index in [9.17, 15) is 0 Å². The van der Waals surface area contributed by atoms with Gasteiger partial charge in [-0.2, -0.15) is 0 Å². The third-order valence-electron chi connectivity index (χ3n) is 2.12. The summed E-state index contributed by atoms with van der Waals surface area (Å²) in [7, 11) is 0. The topological polar surface area (TPSA) is 24.4 Å². The van der Waals surface area contributed by atoms with E-state index in [2.05, 4.69) is 30.4 Å². The molecule has 0 bridgehead atoms. The maximum atomic E-state index is 4.27. The Hall–Kier alpha value is -0.370. The van der Waals surface area contributed by atoms with Crippen molar-refractivity contribution in [1.82, 2.24) is 5.32 Å². The summed E-state index contributed by atoms with van der Waals surface area (Å²) in [5.74, 6) is 1.36. The van der Waals surface area contributed by atoms with E-state index < -0.39 is 0 Å². The fourth-order valence-electron chi connectivity index (χ4n) is 1.05. The smallest absolute Gasteiger partial charge is 0.0510 e. The van der Waals surface area contributed by atoms with Gasteiger partial charge in [0.15, 0.2) is 0 Å². The Morgan fingerprint density at radius 3 is 3.10 bits per heavy atom. The summed E-state index contributed by atoms with van der Waals surface area (Å²) < 4.78 is 0. The molecule has 2 nitrogen and oxygen atoms in total. The van der Waals surface area contributed by atoms with Crippen LogP contribution in [0.3, 0.4) is 0 Å². The zero-order valence-electron chi connectivity index (χ0n) is 6.80. The van der Waals surface area contributed by atoms with Crippen LogP contribution < -0.4 is 5.32 Å². The van der Waals surface area contributed by atoms with Crippen molar-refractivity contribution in [3.05, 3.63) is 0 Å². The monoisotopic (exact) mass is 140 g/mol. The van der Waals surface area contributed by atoms with Gasteiger partial charge in [0.25, 0.3) is 0 Å². The van der Waals surface area contributed by atoms with Gasteiger partial charge >= 0.3 is 0 Å². The lowest BCUT2D eigenvalue weighted by molar-refractivity contribution is 0.444. The second-order valence-electron chi connectivity index (χ2n) is 3.10. The average molecular weight is 140 g/mol. The summed E-state index contributed by atoms with van der Waals surface area (Å²) in [4.78, 5) is 4.27. The number of nitrogens with zero attached hydrogens (tertiary/aromatic N) is 1. The number of nitrogens with one attached hydrogen (secondary N) is 1. The van der Waals surface area contributed by atoms with Crippen molar-refractivity contribution in [2.75, 3.05) is 19.6 Å². The van der Waals surface area contributed by atoms with E-state index in [-0.39, 0.29) is 0 Å². The lowest BCUT2D eigenvalue weighted by atomic mass is 9.97. The van der Waals surface area contributed by atoms with E-state index in [4.69, 9.17) is 0 Å². The third kappa shape index (κ3) is 2.10. The molecule has 1 aliphatic heterocycles. The predicted octanol–water partition coefficient (Wildman–Crippen LogP) is 0.933. The molecule has 0 saturated heterocycles. The van der Waals surface area contributed by atoms with Gasteiger partial charge in [-0.1, -0.05) is 13.8 Å². The molecule has 58 valence electrons. The number of aliphatic imine (C=N–C) groups is 1. The van der Waals surface area contributed by atoms with E-state index in [0.29, 0.717) is 5.92 Å². The Bertz CT molecular complexity index is 120. The van der Waals surface area contributed by atoms with Gasteiger partial charge in [0.05, 0.1) is 6.54 Å². The highest BCUT2D eigenvalue weighted by Gasteiger charge is 2.10. The van der Waals surface area contributed by atoms with Crippen LogP contribution in [-0.4, -0.2) is 25.8 Å². The van der Waals surface area contributed by atoms with Crippen LogP contribution in [0.5, 0.6) is 0 Å². The molecule has 0 aromatic rings. The molecule has 0 spiro atoms. The minimum atomic E-state index is 0.632. The summed E-state index contributed by atoms with van der Waals surface area (Å²) >= 11 is 0. The molecule has 2 heteroatoms. The minimum Gasteiger partial charge on any atom is -0.315 e. The molecule has 1 aliphatic rings. The van der Waals surface area contributed by atoms with Crippen LogP contribution in [-0.2, 0) is 0 Å². The third-order valence-corrected chi connectivity index (χ3v) is 2.12. The zero-order valence-corrected chi connectivity index (χ0v) is 6.80. The van der Waals surface area contributed by atoms with Gasteiger partial charge in [-0.3, -0.25) is 4.99 Å². The molecule has 0 aromatic heterocycles. The molecule has 0 aromatic carbocycles. The van der Waals surface area contributed by atoms with Crippen molar-refractivity contribution < 1.29 is 0 Å². The van der Waals surface area contributed by atoms with Crippen LogP contribution in [0.15, 0.2) is 4.99 Å². The molecule has 0 amide bonds. The summed E-state index contributed by atoms with van der Waals surface area (Å²) in [6, 6.07) is 0. The maximum absolute atomic E-state index is 4.27. The van der Waals surface area contributed by atoms with E-state index in [1.54, 1.807) is 0 Å². The van der Waals surface area contributed by atoms with Crippen molar-refractivity contribution in [1.29, 1.82) is 0 Å². The van der Waals surface area contributed by atoms with E-state index in [1.807, 2.05) is 0 Å². The van der Waals surface area contributed by atoms with Crippen molar-refractivity contribution in [2.24, 2.45) is 16.8 Å². The molecule has 0 fully saturated rings. The van der Waals surface area contributed by atoms with E-state index in [0.717, 1.165) is 25.6 Å². The summed E-state index contributed by atoms with van der Waals surface area (Å²) in [6.45, 7) is 7.59. The highest BCUT2D eigenvalue weighted by molar-refractivity contribution is 5.60. The van der Waals surface area contributed by atoms with Gasteiger partial charge in [-0.25, -0.2) is 0 Å². The summed E-state index contributed by atoms with van der Waals surface area (Å²) in [6.07, 6.45) is 2.09. The Balaban J connectivity index is 2.44. The molecule has 0 saturated carbocycles. The fourth-order valence-corrected chi connectivity index (χ4v) is 1.05. The van der Waals surface area contributed by atoms with E-state index >= 15 is 0 Å². The van der Waals surface area contributed by atoms with Gasteiger partial charge in [0.2, 0.25) is 0 Å². The number of rotatable bonds is 0. The largest absolute Gasteiger partial charge is 0.315 e. The van der Waals surface area contributed by atoms with Gasteiger partial charge in [-0.05, 0) is 18.4 Å². The normalized spacial score (nSPS) is 35.0. The van der Waals surface area contributed by atoms with Crippen LogP contribution in [0, 0.1) is 11.8 Å². The lowest BCUT2D eigenvalue weighted by Gasteiger charge is -2.18. The molecule has 0 aliphatic carbocycles. The highest BCUT2D eigenvalue weighted by Crippen LogP contribution is 2.07. The fraction of sp³-hybridized carbons (Fsp3) is 0.875. The van der Waals surface area contributed by atoms with Crippen molar-refractivity contribution in [2.45, 2.75) is 13.8 Å². The van der Waals surface area contributed by atoms with Gasteiger partial charge < -0.3 is 5.32 Å². The Morgan fingerprint density at radius 2 is 2.30 bits per heavy atom. The molecular weight excluding hydrogens is 124 g/mol. The second kappa shape index (κ2) is 3.71. The lowest BCUT2D eigenvalue weighted by Crippen LogP contribution is -2.29. The Labute approximate surface area is 62.7 Å². The van der Waals surface area contributed by atoms with Crippen LogP contribution in [0.2, 0.25) is 0 Å². The zero-order chi connectivity index (χ0) is 7.40. The quantitative estimate of drug-likeness (QED) is 0.532. The first-order valence-corrected chi connectivity index (χ1v) is 4.01. The van der Waals surface area contributed by atoms with E-state index in [1.165, 1.54) is 0 Å². The SMILES string of the molecule is CC1C=NCCNCC1C. The predicted molar refractivity (Wildman–Crippen MR) is 44.6 cm³/mol. The molecule has 1 rings (SSSR count). The van der Waals surface area contributed by atoms with Crippen molar-refractivity contribution in [3.8, 4) is 0 Å². The molecule has 0 radical (unpaired) electrons. The standard InChI is InChI=1S/C8H16N2/c1-7-5-9-3-4-10-6-8(7)2/h5,7-8,10H,3-4,6H2,1-2H3. The first-order chi connectivity index (χ1) is 4.80. The number of hydrogen-bond acceptors (Lipinski definition) is 2. The molecule has 2 atom stereocenters. The molecule has 1 heterocycles. The van der Waals surface area contributed by atoms with Crippen LogP contribution >= 0.6 is 0 Å². The maximum Gasteiger partial charge on any atom is 0.0510 e. The molecule has 10 heavy (non-hydrogen) atoms. The number of hydrogen-bond donors (Lipinski definition) is 1. The van der Waals surface area contributed by atoms with Gasteiger partial charge in [-0.15, -0.1) is 0 Å². The first-order valence-electron chi connectivity index (χ1n) is 4.01. The summed E-state index contributed by atoms with van der Waals surface area (Å²) in [5.41, 5.74) is 0. The van der Waals surface area contributed by atoms with Crippen molar-refractivity contribution in [3.63, 3.8) is 0 Å². The average Bonchev–Trinajstić information content (AvgIpc) is 1.92. The molecular formula is C8H16N2. The van der Waals surface area contributed by atoms with Crippen LogP contribution in [0.1, 0.15) is 13.8 Å². The van der Waals surface area contributed by atoms with Crippen LogP contribution in [0.25, 0.3) is 0 Å². The van der Waals surface area contributed by atoms with Crippen LogP contribution in [0.4, 0.5) is 0 Å². The first kappa shape index (κ1) is 7.73. The minimum absolute atomic E-state index is 0.632. The van der Waals surface area contributed by atoms with Gasteiger partial charge in [0.1, 0.15) is 0 Å². The van der Waals surface area contributed by atoms with Gasteiger partial charge in [0, 0.05) is 12.8 Å². The van der Waals surface area contributed by atoms with Crippen molar-refractivity contribution >= 4 is 6.21 Å². The Kier molecular flexibility index (Phi) is 2.87.